The molecule has 1 aliphatic heterocycles. The summed E-state index contributed by atoms with van der Waals surface area (Å²) in [5, 5.41) is 4.74. The third-order valence-corrected chi connectivity index (χ3v) is 6.98. The van der Waals surface area contributed by atoms with Crippen LogP contribution in [0.2, 0.25) is 0 Å². The molecule has 3 N–H and O–H groups in total. The predicted molar refractivity (Wildman–Crippen MR) is 148 cm³/mol. The molecule has 0 spiro atoms. The monoisotopic (exact) mass is 596 g/mol. The van der Waals surface area contributed by atoms with Crippen molar-refractivity contribution in [1.82, 2.24) is 19.7 Å². The van der Waals surface area contributed by atoms with E-state index in [4.69, 9.17) is 19.9 Å². The second-order valence-electron chi connectivity index (χ2n) is 9.71. The molecular weight excluding hydrogens is 572 g/mol. The highest BCUT2D eigenvalue weighted by molar-refractivity contribution is 6.12. The molecule has 2 aromatic carbocycles. The second kappa shape index (κ2) is 11.3. The molecule has 4 heterocycles. The standard InChI is InChI=1S/C29H24F4N6O4/c1-15-9-25(43-27-18(30)3-2-4-19(27)31)35-14-23(15)39-28(34)17(13-36-39)26(40)21-10-16-11-24(42-29(32)33)22(12-20(16)37-21)38-5-7-41-8-6-38/h2-4,9-14,29,37H,5-8,34H2,1H3. The average Bonchev–Trinajstić information content (AvgIpc) is 3.57. The first kappa shape index (κ1) is 28.0. The fourth-order valence-corrected chi connectivity index (χ4v) is 4.87. The number of halogens is 4. The Morgan fingerprint density at radius 2 is 1.81 bits per heavy atom. The zero-order chi connectivity index (χ0) is 30.2. The van der Waals surface area contributed by atoms with Crippen molar-refractivity contribution in [3.8, 4) is 23.1 Å². The number of aryl methyl sites for hydroxylation is 1. The molecule has 0 aliphatic carbocycles. The van der Waals surface area contributed by atoms with Crippen LogP contribution in [-0.4, -0.2) is 58.4 Å². The summed E-state index contributed by atoms with van der Waals surface area (Å²) in [6, 6.07) is 9.44. The van der Waals surface area contributed by atoms with Gasteiger partial charge in [0.15, 0.2) is 11.6 Å². The Bertz CT molecular complexity index is 1810. The van der Waals surface area contributed by atoms with Gasteiger partial charge in [-0.3, -0.25) is 4.79 Å². The molecule has 0 unspecified atom stereocenters. The third kappa shape index (κ3) is 5.44. The first-order valence-corrected chi connectivity index (χ1v) is 13.1. The number of aromatic amines is 1. The smallest absolute Gasteiger partial charge is 0.387 e. The Labute approximate surface area is 241 Å². The number of anilines is 2. The van der Waals surface area contributed by atoms with Crippen molar-refractivity contribution in [2.24, 2.45) is 0 Å². The van der Waals surface area contributed by atoms with Crippen LogP contribution in [0.4, 0.5) is 29.1 Å². The lowest BCUT2D eigenvalue weighted by Crippen LogP contribution is -2.36. The van der Waals surface area contributed by atoms with Crippen molar-refractivity contribution in [2.75, 3.05) is 36.9 Å². The molecule has 0 radical (unpaired) electrons. The van der Waals surface area contributed by atoms with E-state index in [2.05, 4.69) is 15.1 Å². The summed E-state index contributed by atoms with van der Waals surface area (Å²) in [7, 11) is 0. The van der Waals surface area contributed by atoms with E-state index in [0.29, 0.717) is 54.1 Å². The minimum atomic E-state index is -3.03. The number of benzene rings is 2. The molecule has 3 aromatic heterocycles. The summed E-state index contributed by atoms with van der Waals surface area (Å²) >= 11 is 0. The molecule has 1 fully saturated rings. The highest BCUT2D eigenvalue weighted by Crippen LogP contribution is 2.36. The molecule has 0 saturated carbocycles. The van der Waals surface area contributed by atoms with Gasteiger partial charge in [-0.25, -0.2) is 18.4 Å². The van der Waals surface area contributed by atoms with E-state index in [0.717, 1.165) is 12.1 Å². The number of hydrogen-bond donors (Lipinski definition) is 2. The molecule has 1 saturated heterocycles. The fourth-order valence-electron chi connectivity index (χ4n) is 4.87. The number of nitrogens with zero attached hydrogens (tertiary/aromatic N) is 4. The summed E-state index contributed by atoms with van der Waals surface area (Å²) in [6.45, 7) is 0.538. The van der Waals surface area contributed by atoms with Crippen molar-refractivity contribution in [2.45, 2.75) is 13.5 Å². The number of ether oxygens (including phenoxy) is 3. The maximum absolute atomic E-state index is 14.0. The van der Waals surface area contributed by atoms with Crippen molar-refractivity contribution in [1.29, 1.82) is 0 Å². The second-order valence-corrected chi connectivity index (χ2v) is 9.71. The van der Waals surface area contributed by atoms with E-state index in [-0.39, 0.29) is 28.7 Å². The lowest BCUT2D eigenvalue weighted by Gasteiger charge is -2.30. The highest BCUT2D eigenvalue weighted by atomic mass is 19.3. The SMILES string of the molecule is Cc1cc(Oc2c(F)cccc2F)ncc1-n1ncc(C(=O)c2cc3cc(OC(F)F)c(N4CCOCC4)cc3[nH]2)c1N. The molecule has 0 atom stereocenters. The topological polar surface area (TPSA) is 121 Å². The summed E-state index contributed by atoms with van der Waals surface area (Å²) in [4.78, 5) is 22.5. The number of alkyl halides is 2. The molecule has 0 bridgehead atoms. The van der Waals surface area contributed by atoms with Gasteiger partial charge in [-0.05, 0) is 42.8 Å². The van der Waals surface area contributed by atoms with E-state index in [1.807, 2.05) is 4.90 Å². The van der Waals surface area contributed by atoms with Crippen LogP contribution in [0.3, 0.4) is 0 Å². The third-order valence-electron chi connectivity index (χ3n) is 6.98. The van der Waals surface area contributed by atoms with E-state index in [1.54, 1.807) is 13.0 Å². The number of nitrogens with two attached hydrogens (primary N) is 1. The summed E-state index contributed by atoms with van der Waals surface area (Å²) in [5.41, 5.74) is 8.51. The van der Waals surface area contributed by atoms with E-state index < -0.39 is 29.8 Å². The van der Waals surface area contributed by atoms with Crippen LogP contribution in [0.1, 0.15) is 21.6 Å². The van der Waals surface area contributed by atoms with E-state index >= 15 is 0 Å². The Morgan fingerprint density at radius 3 is 2.51 bits per heavy atom. The van der Waals surface area contributed by atoms with Crippen LogP contribution in [0.15, 0.2) is 54.9 Å². The minimum Gasteiger partial charge on any atom is -0.433 e. The Hall–Kier alpha value is -5.11. The van der Waals surface area contributed by atoms with Gasteiger partial charge >= 0.3 is 6.61 Å². The zero-order valence-corrected chi connectivity index (χ0v) is 22.6. The number of pyridine rings is 1. The van der Waals surface area contributed by atoms with Crippen LogP contribution in [0, 0.1) is 18.6 Å². The van der Waals surface area contributed by atoms with Crippen molar-refractivity contribution in [3.05, 3.63) is 83.3 Å². The van der Waals surface area contributed by atoms with E-state index in [9.17, 15) is 22.4 Å². The van der Waals surface area contributed by atoms with Gasteiger partial charge in [0, 0.05) is 30.1 Å². The van der Waals surface area contributed by atoms with Crippen molar-refractivity contribution < 1.29 is 36.6 Å². The van der Waals surface area contributed by atoms with Crippen LogP contribution in [0.25, 0.3) is 16.6 Å². The number of aromatic nitrogens is 4. The molecule has 0 amide bonds. The number of carbonyl (C=O) groups excluding carboxylic acids is 1. The number of nitrogen functional groups attached to an aromatic ring is 1. The van der Waals surface area contributed by atoms with Gasteiger partial charge < -0.3 is 29.8 Å². The average molecular weight is 597 g/mol. The number of morpholine rings is 1. The van der Waals surface area contributed by atoms with Gasteiger partial charge in [-0.2, -0.15) is 13.9 Å². The summed E-state index contributed by atoms with van der Waals surface area (Å²) in [6.07, 6.45) is 2.65. The first-order valence-electron chi connectivity index (χ1n) is 13.1. The summed E-state index contributed by atoms with van der Waals surface area (Å²) in [5.74, 6) is -2.88. The van der Waals surface area contributed by atoms with Gasteiger partial charge in [0.25, 0.3) is 0 Å². The number of ketones is 1. The normalized spacial score (nSPS) is 13.6. The van der Waals surface area contributed by atoms with Crippen LogP contribution in [0.5, 0.6) is 17.4 Å². The Morgan fingerprint density at radius 1 is 1.07 bits per heavy atom. The van der Waals surface area contributed by atoms with Gasteiger partial charge in [0.2, 0.25) is 17.4 Å². The zero-order valence-electron chi connectivity index (χ0n) is 22.6. The Kier molecular flexibility index (Phi) is 7.36. The number of fused-ring (bicyclic) bond motifs is 1. The number of H-pyrrole nitrogens is 1. The molecular formula is C29H24F4N6O4. The Balaban J connectivity index is 1.28. The van der Waals surface area contributed by atoms with Gasteiger partial charge in [0.1, 0.15) is 11.6 Å². The van der Waals surface area contributed by atoms with Gasteiger partial charge in [-0.1, -0.05) is 6.07 Å². The molecule has 10 nitrogen and oxygen atoms in total. The highest BCUT2D eigenvalue weighted by Gasteiger charge is 2.24. The number of nitrogens with one attached hydrogen (secondary N) is 1. The molecule has 222 valence electrons. The van der Waals surface area contributed by atoms with Crippen LogP contribution >= 0.6 is 0 Å². The minimum absolute atomic E-state index is 0.0112. The van der Waals surface area contributed by atoms with E-state index in [1.165, 1.54) is 41.3 Å². The quantitative estimate of drug-likeness (QED) is 0.181. The number of hydrogen-bond acceptors (Lipinski definition) is 8. The molecule has 1 aliphatic rings. The predicted octanol–water partition coefficient (Wildman–Crippen LogP) is 5.38. The largest absolute Gasteiger partial charge is 0.433 e. The number of rotatable bonds is 8. The molecule has 43 heavy (non-hydrogen) atoms. The van der Waals surface area contributed by atoms with Gasteiger partial charge in [0.05, 0.1) is 48.2 Å². The van der Waals surface area contributed by atoms with Crippen LogP contribution in [-0.2, 0) is 4.74 Å². The number of carbonyl (C=O) groups is 1. The molecule has 6 rings (SSSR count). The maximum atomic E-state index is 14.0. The lowest BCUT2D eigenvalue weighted by molar-refractivity contribution is -0.0495. The summed E-state index contributed by atoms with van der Waals surface area (Å²) < 4.78 is 71.2. The fraction of sp³-hybridized carbons (Fsp3) is 0.207. The number of para-hydroxylation sites is 1. The van der Waals surface area contributed by atoms with Crippen molar-refractivity contribution in [3.63, 3.8) is 0 Å². The lowest BCUT2D eigenvalue weighted by atomic mass is 10.1. The maximum Gasteiger partial charge on any atom is 0.387 e. The van der Waals surface area contributed by atoms with Gasteiger partial charge in [-0.15, -0.1) is 0 Å². The molecule has 5 aromatic rings. The first-order chi connectivity index (χ1) is 20.7. The van der Waals surface area contributed by atoms with Crippen molar-refractivity contribution >= 4 is 28.2 Å². The molecule has 14 heteroatoms. The van der Waals surface area contributed by atoms with Crippen LogP contribution < -0.4 is 20.1 Å².